The SMILES string of the molecule is O=C1CC(C(=O)CCCC[C@@H]2SC[C@@H]3NC(=O)N[C@@H]32)C(=O)N1. The molecule has 22 heavy (non-hydrogen) atoms. The highest BCUT2D eigenvalue weighted by molar-refractivity contribution is 8.00. The third-order valence-electron chi connectivity index (χ3n) is 4.46. The molecule has 3 aliphatic rings. The van der Waals surface area contributed by atoms with E-state index >= 15 is 0 Å². The van der Waals surface area contributed by atoms with Gasteiger partial charge in [-0.3, -0.25) is 19.7 Å². The van der Waals surface area contributed by atoms with Crippen molar-refractivity contribution >= 4 is 35.4 Å². The molecule has 3 N–H and O–H groups in total. The molecule has 3 heterocycles. The minimum atomic E-state index is -0.781. The molecular weight excluding hydrogens is 306 g/mol. The monoisotopic (exact) mass is 325 g/mol. The van der Waals surface area contributed by atoms with Crippen molar-refractivity contribution in [2.45, 2.75) is 49.4 Å². The Balaban J connectivity index is 1.37. The molecule has 0 bridgehead atoms. The van der Waals surface area contributed by atoms with Gasteiger partial charge in [-0.15, -0.1) is 0 Å². The number of thioether (sulfide) groups is 1. The Bertz CT molecular complexity index is 524. The number of rotatable bonds is 6. The summed E-state index contributed by atoms with van der Waals surface area (Å²) in [5, 5.41) is 8.39. The number of hydrogen-bond acceptors (Lipinski definition) is 5. The van der Waals surface area contributed by atoms with Gasteiger partial charge in [0.25, 0.3) is 0 Å². The zero-order valence-corrected chi connectivity index (χ0v) is 12.9. The summed E-state index contributed by atoms with van der Waals surface area (Å²) in [5.74, 6) is -0.811. The molecule has 3 fully saturated rings. The van der Waals surface area contributed by atoms with Gasteiger partial charge in [-0.2, -0.15) is 11.8 Å². The Labute approximate surface area is 132 Å². The first kappa shape index (κ1) is 15.3. The predicted octanol–water partition coefficient (Wildman–Crippen LogP) is -0.0560. The van der Waals surface area contributed by atoms with Gasteiger partial charge in [0.1, 0.15) is 11.7 Å². The summed E-state index contributed by atoms with van der Waals surface area (Å²) in [6.07, 6.45) is 2.87. The highest BCUT2D eigenvalue weighted by atomic mass is 32.2. The molecule has 3 aliphatic heterocycles. The number of urea groups is 1. The van der Waals surface area contributed by atoms with Crippen molar-refractivity contribution in [1.82, 2.24) is 16.0 Å². The van der Waals surface area contributed by atoms with Gasteiger partial charge in [-0.25, -0.2) is 4.79 Å². The molecule has 0 aromatic rings. The van der Waals surface area contributed by atoms with Gasteiger partial charge in [0.15, 0.2) is 0 Å². The average Bonchev–Trinajstić information content (AvgIpc) is 3.09. The molecule has 1 unspecified atom stereocenters. The van der Waals surface area contributed by atoms with E-state index in [0.717, 1.165) is 18.6 Å². The van der Waals surface area contributed by atoms with Crippen LogP contribution in [0.2, 0.25) is 0 Å². The van der Waals surface area contributed by atoms with Crippen LogP contribution in [-0.4, -0.2) is 46.7 Å². The van der Waals surface area contributed by atoms with E-state index in [9.17, 15) is 19.2 Å². The minimum absolute atomic E-state index is 0.00238. The molecular formula is C14H19N3O4S. The molecule has 0 aromatic heterocycles. The second-order valence-corrected chi connectivity index (χ2v) is 7.28. The third kappa shape index (κ3) is 3.11. The van der Waals surface area contributed by atoms with Crippen LogP contribution >= 0.6 is 11.8 Å². The van der Waals surface area contributed by atoms with Crippen LogP contribution in [0.5, 0.6) is 0 Å². The van der Waals surface area contributed by atoms with Gasteiger partial charge >= 0.3 is 6.03 Å². The van der Waals surface area contributed by atoms with Crippen molar-refractivity contribution in [3.63, 3.8) is 0 Å². The average molecular weight is 325 g/mol. The summed E-state index contributed by atoms with van der Waals surface area (Å²) >= 11 is 1.85. The fourth-order valence-corrected chi connectivity index (χ4v) is 4.82. The molecule has 3 rings (SSSR count). The van der Waals surface area contributed by atoms with Crippen LogP contribution in [0.15, 0.2) is 0 Å². The lowest BCUT2D eigenvalue weighted by atomic mass is 9.96. The molecule has 120 valence electrons. The molecule has 0 aromatic carbocycles. The number of hydrogen-bond donors (Lipinski definition) is 3. The van der Waals surface area contributed by atoms with E-state index in [2.05, 4.69) is 16.0 Å². The lowest BCUT2D eigenvalue weighted by Crippen LogP contribution is -2.36. The van der Waals surface area contributed by atoms with E-state index in [1.807, 2.05) is 11.8 Å². The Morgan fingerprint density at radius 2 is 2.00 bits per heavy atom. The number of fused-ring (bicyclic) bond motifs is 1. The van der Waals surface area contributed by atoms with E-state index in [0.29, 0.717) is 18.1 Å². The Morgan fingerprint density at radius 1 is 1.18 bits per heavy atom. The van der Waals surface area contributed by atoms with E-state index in [-0.39, 0.29) is 36.2 Å². The lowest BCUT2D eigenvalue weighted by molar-refractivity contribution is -0.131. The van der Waals surface area contributed by atoms with Crippen LogP contribution in [-0.2, 0) is 14.4 Å². The maximum Gasteiger partial charge on any atom is 0.315 e. The Morgan fingerprint density at radius 3 is 2.73 bits per heavy atom. The van der Waals surface area contributed by atoms with Crippen molar-refractivity contribution in [3.05, 3.63) is 0 Å². The van der Waals surface area contributed by atoms with Crippen molar-refractivity contribution < 1.29 is 19.2 Å². The Hall–Kier alpha value is -1.57. The maximum atomic E-state index is 11.9. The van der Waals surface area contributed by atoms with Crippen molar-refractivity contribution in [1.29, 1.82) is 0 Å². The molecule has 0 saturated carbocycles. The zero-order chi connectivity index (χ0) is 15.7. The minimum Gasteiger partial charge on any atom is -0.332 e. The molecule has 7 nitrogen and oxygen atoms in total. The molecule has 0 spiro atoms. The zero-order valence-electron chi connectivity index (χ0n) is 12.1. The molecule has 4 amide bonds. The largest absolute Gasteiger partial charge is 0.332 e. The quantitative estimate of drug-likeness (QED) is 0.275. The second kappa shape index (κ2) is 6.28. The van der Waals surface area contributed by atoms with E-state index in [4.69, 9.17) is 0 Å². The van der Waals surface area contributed by atoms with Crippen LogP contribution in [0.4, 0.5) is 4.79 Å². The lowest BCUT2D eigenvalue weighted by Gasteiger charge is -2.16. The van der Waals surface area contributed by atoms with E-state index in [1.165, 1.54) is 0 Å². The molecule has 0 aliphatic carbocycles. The number of carbonyl (C=O) groups is 4. The fourth-order valence-electron chi connectivity index (χ4n) is 3.28. The summed E-state index contributed by atoms with van der Waals surface area (Å²) < 4.78 is 0. The van der Waals surface area contributed by atoms with Gasteiger partial charge in [0.2, 0.25) is 11.8 Å². The number of carbonyl (C=O) groups excluding carboxylic acids is 4. The summed E-state index contributed by atoms with van der Waals surface area (Å²) in [7, 11) is 0. The number of unbranched alkanes of at least 4 members (excludes halogenated alkanes) is 1. The summed E-state index contributed by atoms with van der Waals surface area (Å²) in [6.45, 7) is 0. The topological polar surface area (TPSA) is 104 Å². The number of amides is 4. The molecule has 8 heteroatoms. The summed E-state index contributed by atoms with van der Waals surface area (Å²) in [6, 6.07) is 0.316. The number of imide groups is 1. The number of Topliss-reactive ketones (excluding diaryl/α,β-unsaturated/α-hetero) is 1. The standard InChI is InChI=1S/C14H19N3O4S/c18-9(7-5-11(19)16-13(7)20)3-1-2-4-10-12-8(6-22-10)15-14(21)17-12/h7-8,10,12H,1-6H2,(H2,15,17,21)(H,16,19,20)/t7?,8-,10-,12-/m0/s1. The number of nitrogens with one attached hydrogen (secondary N) is 3. The first-order valence-corrected chi connectivity index (χ1v) is 8.64. The van der Waals surface area contributed by atoms with Crippen LogP contribution in [0.25, 0.3) is 0 Å². The highest BCUT2D eigenvalue weighted by Gasteiger charge is 2.42. The first-order valence-electron chi connectivity index (χ1n) is 7.59. The third-order valence-corrected chi connectivity index (χ3v) is 5.97. The smallest absolute Gasteiger partial charge is 0.315 e. The summed E-state index contributed by atoms with van der Waals surface area (Å²) in [5.41, 5.74) is 0. The van der Waals surface area contributed by atoms with E-state index < -0.39 is 11.8 Å². The van der Waals surface area contributed by atoms with Crippen molar-refractivity contribution in [2.24, 2.45) is 5.92 Å². The number of ketones is 1. The van der Waals surface area contributed by atoms with Gasteiger partial charge < -0.3 is 10.6 Å². The molecule has 4 atom stereocenters. The predicted molar refractivity (Wildman–Crippen MR) is 80.2 cm³/mol. The normalized spacial score (nSPS) is 33.4. The highest BCUT2D eigenvalue weighted by Crippen LogP contribution is 2.33. The molecule has 3 saturated heterocycles. The van der Waals surface area contributed by atoms with Gasteiger partial charge in [-0.05, 0) is 12.8 Å². The first-order chi connectivity index (χ1) is 10.5. The second-order valence-electron chi connectivity index (χ2n) is 6.00. The fraction of sp³-hybridized carbons (Fsp3) is 0.714. The Kier molecular flexibility index (Phi) is 4.37. The van der Waals surface area contributed by atoms with Crippen LogP contribution < -0.4 is 16.0 Å². The van der Waals surface area contributed by atoms with Crippen LogP contribution in [0.3, 0.4) is 0 Å². The van der Waals surface area contributed by atoms with Crippen molar-refractivity contribution in [3.8, 4) is 0 Å². The summed E-state index contributed by atoms with van der Waals surface area (Å²) in [4.78, 5) is 45.7. The van der Waals surface area contributed by atoms with Gasteiger partial charge in [-0.1, -0.05) is 6.42 Å². The van der Waals surface area contributed by atoms with Crippen LogP contribution in [0, 0.1) is 5.92 Å². The maximum absolute atomic E-state index is 11.9. The van der Waals surface area contributed by atoms with Crippen molar-refractivity contribution in [2.75, 3.05) is 5.75 Å². The van der Waals surface area contributed by atoms with Gasteiger partial charge in [0, 0.05) is 23.8 Å². The van der Waals surface area contributed by atoms with Gasteiger partial charge in [0.05, 0.1) is 12.1 Å². The molecule has 0 radical (unpaired) electrons. The van der Waals surface area contributed by atoms with E-state index in [1.54, 1.807) is 0 Å². The van der Waals surface area contributed by atoms with Crippen LogP contribution in [0.1, 0.15) is 32.1 Å².